The summed E-state index contributed by atoms with van der Waals surface area (Å²) in [7, 11) is -3.91. The summed E-state index contributed by atoms with van der Waals surface area (Å²) in [4.78, 5) is 16.0. The lowest BCUT2D eigenvalue weighted by Crippen LogP contribution is -3.14. The summed E-state index contributed by atoms with van der Waals surface area (Å²) in [6, 6.07) is 11.4. The normalized spacial score (nSPS) is 15.5. The lowest BCUT2D eigenvalue weighted by atomic mass is 10.2. The first-order valence-electron chi connectivity index (χ1n) is 9.32. The number of carbonyl (C=O) groups is 1. The van der Waals surface area contributed by atoms with Crippen LogP contribution in [0.1, 0.15) is 22.8 Å². The summed E-state index contributed by atoms with van der Waals surface area (Å²) >= 11 is 6.15. The second-order valence-electron chi connectivity index (χ2n) is 7.01. The SMILES string of the molecule is CC[NH+]1CCN(C(=O)c2ccc(Cl)c(S(=O)(=O)Nc3ccc(C)cc3)c2)CC1. The molecule has 2 N–H and O–H groups in total. The third kappa shape index (κ3) is 4.66. The molecule has 0 bridgehead atoms. The van der Waals surface area contributed by atoms with E-state index in [4.69, 9.17) is 11.6 Å². The van der Waals surface area contributed by atoms with Crippen molar-refractivity contribution in [2.24, 2.45) is 0 Å². The molecule has 6 nitrogen and oxygen atoms in total. The minimum Gasteiger partial charge on any atom is -0.332 e. The van der Waals surface area contributed by atoms with Crippen molar-refractivity contribution in [3.63, 3.8) is 0 Å². The average molecular weight is 423 g/mol. The van der Waals surface area contributed by atoms with Gasteiger partial charge in [-0.05, 0) is 44.2 Å². The highest BCUT2D eigenvalue weighted by Crippen LogP contribution is 2.26. The van der Waals surface area contributed by atoms with Gasteiger partial charge in [-0.1, -0.05) is 29.3 Å². The summed E-state index contributed by atoms with van der Waals surface area (Å²) in [5, 5.41) is 0.0800. The number of nitrogens with one attached hydrogen (secondary N) is 2. The summed E-state index contributed by atoms with van der Waals surface area (Å²) in [6.45, 7) is 8.21. The number of halogens is 1. The number of carbonyl (C=O) groups excluding carboxylic acids is 1. The van der Waals surface area contributed by atoms with E-state index >= 15 is 0 Å². The second kappa shape index (κ2) is 8.51. The van der Waals surface area contributed by atoms with E-state index in [0.29, 0.717) is 24.3 Å². The predicted molar refractivity (Wildman–Crippen MR) is 111 cm³/mol. The van der Waals surface area contributed by atoms with Crippen molar-refractivity contribution in [1.82, 2.24) is 4.90 Å². The summed E-state index contributed by atoms with van der Waals surface area (Å²) in [6.07, 6.45) is 0. The monoisotopic (exact) mass is 422 g/mol. The maximum atomic E-state index is 12.8. The number of hydrogen-bond donors (Lipinski definition) is 2. The Morgan fingerprint density at radius 2 is 1.79 bits per heavy atom. The standard InChI is InChI=1S/C20H24ClN3O3S/c1-3-23-10-12-24(13-11-23)20(25)16-6-9-18(21)19(14-16)28(26,27)22-17-7-4-15(2)5-8-17/h4-9,14,22H,3,10-13H2,1-2H3/p+1. The number of anilines is 1. The molecule has 0 saturated carbocycles. The molecule has 1 heterocycles. The molecular weight excluding hydrogens is 398 g/mol. The fraction of sp³-hybridized carbons (Fsp3) is 0.350. The van der Waals surface area contributed by atoms with Gasteiger partial charge in [0.25, 0.3) is 15.9 Å². The fourth-order valence-electron chi connectivity index (χ4n) is 3.24. The van der Waals surface area contributed by atoms with Gasteiger partial charge in [0.2, 0.25) is 0 Å². The number of sulfonamides is 1. The van der Waals surface area contributed by atoms with Crippen LogP contribution in [0.4, 0.5) is 5.69 Å². The first-order chi connectivity index (χ1) is 13.3. The number of nitrogens with zero attached hydrogens (tertiary/aromatic N) is 1. The van der Waals surface area contributed by atoms with Crippen LogP contribution in [-0.2, 0) is 10.0 Å². The molecule has 150 valence electrons. The Kier molecular flexibility index (Phi) is 6.27. The van der Waals surface area contributed by atoms with Crippen molar-refractivity contribution >= 4 is 33.2 Å². The molecule has 0 atom stereocenters. The Morgan fingerprint density at radius 3 is 2.39 bits per heavy atom. The molecule has 28 heavy (non-hydrogen) atoms. The van der Waals surface area contributed by atoms with Crippen LogP contribution < -0.4 is 9.62 Å². The molecule has 0 spiro atoms. The van der Waals surface area contributed by atoms with Crippen LogP contribution in [0.25, 0.3) is 0 Å². The molecule has 2 aromatic rings. The minimum absolute atomic E-state index is 0.0800. The Balaban J connectivity index is 1.82. The third-order valence-corrected chi connectivity index (χ3v) is 6.89. The first kappa shape index (κ1) is 20.6. The fourth-order valence-corrected chi connectivity index (χ4v) is 4.82. The number of amides is 1. The van der Waals surface area contributed by atoms with Crippen LogP contribution in [0.3, 0.4) is 0 Å². The number of quaternary nitrogens is 1. The molecule has 8 heteroatoms. The van der Waals surface area contributed by atoms with Crippen LogP contribution in [0.5, 0.6) is 0 Å². The molecule has 2 aromatic carbocycles. The molecule has 1 aliphatic rings. The number of piperazine rings is 1. The maximum Gasteiger partial charge on any atom is 0.263 e. The average Bonchev–Trinajstić information content (AvgIpc) is 2.69. The lowest BCUT2D eigenvalue weighted by molar-refractivity contribution is -0.902. The van der Waals surface area contributed by atoms with Crippen molar-refractivity contribution in [3.05, 3.63) is 58.6 Å². The van der Waals surface area contributed by atoms with Gasteiger partial charge in [0.05, 0.1) is 37.7 Å². The number of hydrogen-bond acceptors (Lipinski definition) is 3. The number of aryl methyl sites for hydroxylation is 1. The summed E-state index contributed by atoms with van der Waals surface area (Å²) < 4.78 is 28.2. The van der Waals surface area contributed by atoms with E-state index in [1.165, 1.54) is 17.0 Å². The van der Waals surface area contributed by atoms with Crippen molar-refractivity contribution in [1.29, 1.82) is 0 Å². The van der Waals surface area contributed by atoms with Crippen molar-refractivity contribution in [2.75, 3.05) is 37.4 Å². The van der Waals surface area contributed by atoms with Crippen LogP contribution in [-0.4, -0.2) is 51.9 Å². The smallest absolute Gasteiger partial charge is 0.263 e. The molecule has 3 rings (SSSR count). The molecule has 0 aromatic heterocycles. The number of rotatable bonds is 5. The largest absolute Gasteiger partial charge is 0.332 e. The van der Waals surface area contributed by atoms with Crippen LogP contribution in [0.2, 0.25) is 5.02 Å². The zero-order chi connectivity index (χ0) is 20.3. The topological polar surface area (TPSA) is 70.9 Å². The highest BCUT2D eigenvalue weighted by Gasteiger charge is 2.26. The third-order valence-electron chi connectivity index (χ3n) is 5.03. The van der Waals surface area contributed by atoms with E-state index < -0.39 is 10.0 Å². The zero-order valence-corrected chi connectivity index (χ0v) is 17.6. The van der Waals surface area contributed by atoms with Crippen molar-refractivity contribution < 1.29 is 18.1 Å². The maximum absolute atomic E-state index is 12.8. The van der Waals surface area contributed by atoms with Gasteiger partial charge in [0.15, 0.2) is 0 Å². The van der Waals surface area contributed by atoms with E-state index in [-0.39, 0.29) is 15.8 Å². The van der Waals surface area contributed by atoms with E-state index in [2.05, 4.69) is 11.6 Å². The van der Waals surface area contributed by atoms with Crippen LogP contribution >= 0.6 is 11.6 Å². The van der Waals surface area contributed by atoms with Gasteiger partial charge in [-0.2, -0.15) is 0 Å². The van der Waals surface area contributed by atoms with Gasteiger partial charge in [-0.3, -0.25) is 9.52 Å². The second-order valence-corrected chi connectivity index (χ2v) is 9.07. The van der Waals surface area contributed by atoms with E-state index in [1.807, 2.05) is 19.1 Å². The van der Waals surface area contributed by atoms with Gasteiger partial charge < -0.3 is 9.80 Å². The number of likely N-dealkylation sites (N-methyl/N-ethyl adjacent to an activating group) is 1. The zero-order valence-electron chi connectivity index (χ0n) is 16.0. The Bertz CT molecular complexity index is 953. The summed E-state index contributed by atoms with van der Waals surface area (Å²) in [5.74, 6) is -0.168. The van der Waals surface area contributed by atoms with Gasteiger partial charge in [0.1, 0.15) is 4.90 Å². The molecular formula is C20H25ClN3O3S+. The molecule has 0 aliphatic carbocycles. The van der Waals surface area contributed by atoms with E-state index in [0.717, 1.165) is 25.2 Å². The van der Waals surface area contributed by atoms with Gasteiger partial charge in [0, 0.05) is 11.3 Å². The molecule has 0 radical (unpaired) electrons. The predicted octanol–water partition coefficient (Wildman–Crippen LogP) is 1.81. The van der Waals surface area contributed by atoms with Crippen LogP contribution in [0, 0.1) is 6.92 Å². The van der Waals surface area contributed by atoms with Crippen molar-refractivity contribution in [3.8, 4) is 0 Å². The highest BCUT2D eigenvalue weighted by molar-refractivity contribution is 7.92. The Labute approximate surface area is 171 Å². The van der Waals surface area contributed by atoms with E-state index in [1.54, 1.807) is 23.1 Å². The molecule has 1 aliphatic heterocycles. The van der Waals surface area contributed by atoms with Crippen molar-refractivity contribution in [2.45, 2.75) is 18.7 Å². The lowest BCUT2D eigenvalue weighted by Gasteiger charge is -2.31. The Hall–Kier alpha value is -2.09. The molecule has 0 unspecified atom stereocenters. The van der Waals surface area contributed by atoms with E-state index in [9.17, 15) is 13.2 Å². The van der Waals surface area contributed by atoms with Gasteiger partial charge in [-0.15, -0.1) is 0 Å². The van der Waals surface area contributed by atoms with Gasteiger partial charge >= 0.3 is 0 Å². The minimum atomic E-state index is -3.91. The highest BCUT2D eigenvalue weighted by atomic mass is 35.5. The Morgan fingerprint density at radius 1 is 1.14 bits per heavy atom. The molecule has 1 fully saturated rings. The molecule has 1 saturated heterocycles. The first-order valence-corrected chi connectivity index (χ1v) is 11.2. The molecule has 1 amide bonds. The van der Waals surface area contributed by atoms with Crippen LogP contribution in [0.15, 0.2) is 47.4 Å². The quantitative estimate of drug-likeness (QED) is 0.772. The summed E-state index contributed by atoms with van der Waals surface area (Å²) in [5.41, 5.74) is 1.80. The van der Waals surface area contributed by atoms with Gasteiger partial charge in [-0.25, -0.2) is 8.42 Å². The number of benzene rings is 2.